The summed E-state index contributed by atoms with van der Waals surface area (Å²) < 4.78 is 0. The molecule has 5 heteroatoms. The van der Waals surface area contributed by atoms with Crippen LogP contribution in [0.25, 0.3) is 0 Å². The Labute approximate surface area is 121 Å². The summed E-state index contributed by atoms with van der Waals surface area (Å²) in [5, 5.41) is 3.73. The molecule has 1 aromatic carbocycles. The van der Waals surface area contributed by atoms with E-state index in [-0.39, 0.29) is 5.91 Å². The summed E-state index contributed by atoms with van der Waals surface area (Å²) in [6.45, 7) is 3.71. The van der Waals surface area contributed by atoms with Gasteiger partial charge in [0.25, 0.3) is 5.91 Å². The Bertz CT molecular complexity index is 621. The molecular weight excluding hydrogens is 283 g/mol. The van der Waals surface area contributed by atoms with E-state index in [0.29, 0.717) is 21.4 Å². The van der Waals surface area contributed by atoms with Crippen molar-refractivity contribution in [3.63, 3.8) is 0 Å². The Hall–Kier alpha value is -1.58. The van der Waals surface area contributed by atoms with Crippen LogP contribution >= 0.6 is 23.2 Å². The van der Waals surface area contributed by atoms with Gasteiger partial charge in [0, 0.05) is 10.6 Å². The van der Waals surface area contributed by atoms with Crippen molar-refractivity contribution in [3.8, 4) is 0 Å². The molecule has 1 aromatic heterocycles. The molecule has 98 valence electrons. The van der Waals surface area contributed by atoms with Crippen molar-refractivity contribution in [2.24, 2.45) is 0 Å². The maximum Gasteiger partial charge on any atom is 0.255 e. The van der Waals surface area contributed by atoms with Gasteiger partial charge in [-0.3, -0.25) is 4.79 Å². The average Bonchev–Trinajstić information content (AvgIpc) is 2.32. The third-order valence-corrected chi connectivity index (χ3v) is 3.19. The van der Waals surface area contributed by atoms with E-state index in [1.807, 2.05) is 13.8 Å². The Morgan fingerprint density at radius 3 is 2.53 bits per heavy atom. The van der Waals surface area contributed by atoms with Crippen LogP contribution in [-0.4, -0.2) is 10.9 Å². The van der Waals surface area contributed by atoms with Gasteiger partial charge in [0.1, 0.15) is 5.15 Å². The van der Waals surface area contributed by atoms with Crippen LogP contribution in [0.2, 0.25) is 10.2 Å². The van der Waals surface area contributed by atoms with Crippen molar-refractivity contribution in [2.75, 3.05) is 5.32 Å². The fourth-order valence-corrected chi connectivity index (χ4v) is 2.09. The summed E-state index contributed by atoms with van der Waals surface area (Å²) in [5.41, 5.74) is 2.85. The van der Waals surface area contributed by atoms with Crippen LogP contribution < -0.4 is 5.32 Å². The number of halogens is 2. The van der Waals surface area contributed by atoms with Gasteiger partial charge in [-0.05, 0) is 49.2 Å². The van der Waals surface area contributed by atoms with E-state index in [1.165, 1.54) is 6.20 Å². The van der Waals surface area contributed by atoms with Crippen LogP contribution in [0.4, 0.5) is 5.69 Å². The van der Waals surface area contributed by atoms with E-state index in [2.05, 4.69) is 10.3 Å². The van der Waals surface area contributed by atoms with Crippen molar-refractivity contribution in [1.82, 2.24) is 4.98 Å². The van der Waals surface area contributed by atoms with Gasteiger partial charge in [-0.25, -0.2) is 4.98 Å². The number of hydrogen-bond acceptors (Lipinski definition) is 2. The molecular formula is C14H12Cl2N2O. The number of carbonyl (C=O) groups is 1. The van der Waals surface area contributed by atoms with Crippen molar-refractivity contribution in [3.05, 3.63) is 57.3 Å². The number of rotatable bonds is 2. The summed E-state index contributed by atoms with van der Waals surface area (Å²) in [5.74, 6) is -0.228. The lowest BCUT2D eigenvalue weighted by atomic mass is 10.1. The molecule has 0 fully saturated rings. The summed E-state index contributed by atoms with van der Waals surface area (Å²) in [6.07, 6.45) is 1.52. The molecule has 0 saturated carbocycles. The maximum absolute atomic E-state index is 12.1. The van der Waals surface area contributed by atoms with Crippen LogP contribution in [0, 0.1) is 13.8 Å². The minimum atomic E-state index is -0.228. The standard InChI is InChI=1S/C14H12Cl2N2O/c1-8-3-10(6-11(15)4-8)14(19)18-12-5-9(2)13(16)17-7-12/h3-7H,1-2H3,(H,18,19). The van der Waals surface area contributed by atoms with Gasteiger partial charge in [-0.15, -0.1) is 0 Å². The second kappa shape index (κ2) is 5.59. The molecule has 0 unspecified atom stereocenters. The normalized spacial score (nSPS) is 10.3. The number of anilines is 1. The molecule has 1 N–H and O–H groups in total. The van der Waals surface area contributed by atoms with Gasteiger partial charge >= 0.3 is 0 Å². The fourth-order valence-electron chi connectivity index (χ4n) is 1.70. The first-order chi connectivity index (χ1) is 8.95. The minimum absolute atomic E-state index is 0.228. The Morgan fingerprint density at radius 1 is 1.16 bits per heavy atom. The van der Waals surface area contributed by atoms with Gasteiger partial charge in [0.05, 0.1) is 11.9 Å². The lowest BCUT2D eigenvalue weighted by Crippen LogP contribution is -2.12. The number of carbonyl (C=O) groups excluding carboxylic acids is 1. The van der Waals surface area contributed by atoms with Crippen LogP contribution in [0.3, 0.4) is 0 Å². The Morgan fingerprint density at radius 2 is 1.89 bits per heavy atom. The highest BCUT2D eigenvalue weighted by atomic mass is 35.5. The van der Waals surface area contributed by atoms with Crippen molar-refractivity contribution in [2.45, 2.75) is 13.8 Å². The van der Waals surface area contributed by atoms with Crippen LogP contribution in [0.15, 0.2) is 30.5 Å². The van der Waals surface area contributed by atoms with Crippen molar-refractivity contribution < 1.29 is 4.79 Å². The van der Waals surface area contributed by atoms with Gasteiger partial charge in [0.15, 0.2) is 0 Å². The zero-order valence-electron chi connectivity index (χ0n) is 10.5. The fraction of sp³-hybridized carbons (Fsp3) is 0.143. The predicted octanol–water partition coefficient (Wildman–Crippen LogP) is 4.26. The monoisotopic (exact) mass is 294 g/mol. The lowest BCUT2D eigenvalue weighted by Gasteiger charge is -2.07. The highest BCUT2D eigenvalue weighted by molar-refractivity contribution is 6.31. The summed E-state index contributed by atoms with van der Waals surface area (Å²) in [6, 6.07) is 6.97. The molecule has 0 aliphatic heterocycles. The quantitative estimate of drug-likeness (QED) is 0.841. The number of aromatic nitrogens is 1. The summed E-state index contributed by atoms with van der Waals surface area (Å²) >= 11 is 11.8. The molecule has 1 heterocycles. The van der Waals surface area contributed by atoms with E-state index >= 15 is 0 Å². The molecule has 0 bridgehead atoms. The lowest BCUT2D eigenvalue weighted by molar-refractivity contribution is 0.102. The van der Waals surface area contributed by atoms with Gasteiger partial charge in [0.2, 0.25) is 0 Å². The molecule has 0 spiro atoms. The molecule has 0 saturated heterocycles. The second-order valence-electron chi connectivity index (χ2n) is 4.30. The van der Waals surface area contributed by atoms with Gasteiger partial charge < -0.3 is 5.32 Å². The zero-order chi connectivity index (χ0) is 14.0. The molecule has 2 aromatic rings. The van der Waals surface area contributed by atoms with Crippen LogP contribution in [0.5, 0.6) is 0 Å². The summed E-state index contributed by atoms with van der Waals surface area (Å²) in [4.78, 5) is 16.1. The minimum Gasteiger partial charge on any atom is -0.321 e. The molecule has 19 heavy (non-hydrogen) atoms. The SMILES string of the molecule is Cc1cc(Cl)cc(C(=O)Nc2cnc(Cl)c(C)c2)c1. The second-order valence-corrected chi connectivity index (χ2v) is 5.10. The van der Waals surface area contributed by atoms with Gasteiger partial charge in [-0.2, -0.15) is 0 Å². The first-order valence-electron chi connectivity index (χ1n) is 5.66. The smallest absolute Gasteiger partial charge is 0.255 e. The van der Waals surface area contributed by atoms with Crippen molar-refractivity contribution >= 4 is 34.8 Å². The first-order valence-corrected chi connectivity index (χ1v) is 6.42. The topological polar surface area (TPSA) is 42.0 Å². The molecule has 3 nitrogen and oxygen atoms in total. The predicted molar refractivity (Wildman–Crippen MR) is 78.1 cm³/mol. The summed E-state index contributed by atoms with van der Waals surface area (Å²) in [7, 11) is 0. The van der Waals surface area contributed by atoms with Crippen molar-refractivity contribution in [1.29, 1.82) is 0 Å². The van der Waals surface area contributed by atoms with E-state index < -0.39 is 0 Å². The maximum atomic E-state index is 12.1. The number of pyridine rings is 1. The third-order valence-electron chi connectivity index (χ3n) is 2.58. The number of amides is 1. The number of benzene rings is 1. The zero-order valence-corrected chi connectivity index (χ0v) is 12.0. The van der Waals surface area contributed by atoms with E-state index in [1.54, 1.807) is 24.3 Å². The molecule has 0 atom stereocenters. The molecule has 0 aliphatic rings. The number of nitrogens with one attached hydrogen (secondary N) is 1. The Balaban J connectivity index is 2.22. The Kier molecular flexibility index (Phi) is 4.08. The van der Waals surface area contributed by atoms with E-state index in [0.717, 1.165) is 11.1 Å². The number of nitrogens with zero attached hydrogens (tertiary/aromatic N) is 1. The van der Waals surface area contributed by atoms with E-state index in [4.69, 9.17) is 23.2 Å². The molecule has 1 amide bonds. The molecule has 0 aliphatic carbocycles. The largest absolute Gasteiger partial charge is 0.321 e. The average molecular weight is 295 g/mol. The number of hydrogen-bond donors (Lipinski definition) is 1. The van der Waals surface area contributed by atoms with E-state index in [9.17, 15) is 4.79 Å². The third kappa shape index (κ3) is 3.46. The first kappa shape index (κ1) is 13.8. The molecule has 0 radical (unpaired) electrons. The number of aryl methyl sites for hydroxylation is 2. The molecule has 2 rings (SSSR count). The van der Waals surface area contributed by atoms with Crippen LogP contribution in [0.1, 0.15) is 21.5 Å². The van der Waals surface area contributed by atoms with Crippen LogP contribution in [-0.2, 0) is 0 Å². The van der Waals surface area contributed by atoms with Gasteiger partial charge in [-0.1, -0.05) is 23.2 Å². The highest BCUT2D eigenvalue weighted by Gasteiger charge is 2.08. The highest BCUT2D eigenvalue weighted by Crippen LogP contribution is 2.18.